The first-order valence-electron chi connectivity index (χ1n) is 8.13. The summed E-state index contributed by atoms with van der Waals surface area (Å²) in [6.45, 7) is 7.23. The van der Waals surface area contributed by atoms with Crippen LogP contribution in [0.2, 0.25) is 0 Å². The van der Waals surface area contributed by atoms with E-state index in [1.54, 1.807) is 0 Å². The third-order valence-electron chi connectivity index (χ3n) is 5.10. The molecule has 0 saturated carbocycles. The Balaban J connectivity index is 1.56. The molecule has 2 aliphatic heterocycles. The predicted octanol–water partition coefficient (Wildman–Crippen LogP) is 3.01. The average molecular weight is 352 g/mol. The SMILES string of the molecule is CC1CN2CCCC2CN1CCC(N)c1ccccc1Br. The van der Waals surface area contributed by atoms with Crippen molar-refractivity contribution in [3.63, 3.8) is 0 Å². The van der Waals surface area contributed by atoms with Crippen molar-refractivity contribution in [1.82, 2.24) is 9.80 Å². The summed E-state index contributed by atoms with van der Waals surface area (Å²) in [6, 6.07) is 9.89. The minimum Gasteiger partial charge on any atom is -0.324 e. The Kier molecular flexibility index (Phi) is 4.99. The third kappa shape index (κ3) is 3.50. The van der Waals surface area contributed by atoms with Gasteiger partial charge < -0.3 is 5.73 Å². The van der Waals surface area contributed by atoms with Crippen molar-refractivity contribution in [1.29, 1.82) is 0 Å². The highest BCUT2D eigenvalue weighted by Crippen LogP contribution is 2.27. The van der Waals surface area contributed by atoms with E-state index in [1.807, 2.05) is 6.07 Å². The Morgan fingerprint density at radius 1 is 1.33 bits per heavy atom. The smallest absolute Gasteiger partial charge is 0.0318 e. The van der Waals surface area contributed by atoms with Gasteiger partial charge in [-0.25, -0.2) is 0 Å². The topological polar surface area (TPSA) is 32.5 Å². The Morgan fingerprint density at radius 3 is 2.95 bits per heavy atom. The maximum Gasteiger partial charge on any atom is 0.0318 e. The molecule has 2 saturated heterocycles. The molecular formula is C17H26BrN3. The van der Waals surface area contributed by atoms with Crippen LogP contribution in [0.5, 0.6) is 0 Å². The van der Waals surface area contributed by atoms with Gasteiger partial charge in [-0.3, -0.25) is 9.80 Å². The minimum atomic E-state index is 0.120. The van der Waals surface area contributed by atoms with Crippen molar-refractivity contribution in [2.24, 2.45) is 5.73 Å². The molecule has 1 aromatic rings. The van der Waals surface area contributed by atoms with Crippen LogP contribution in [0.25, 0.3) is 0 Å². The number of benzene rings is 1. The lowest BCUT2D eigenvalue weighted by Crippen LogP contribution is -2.55. The van der Waals surface area contributed by atoms with Crippen LogP contribution in [-0.2, 0) is 0 Å². The predicted molar refractivity (Wildman–Crippen MR) is 91.3 cm³/mol. The highest BCUT2D eigenvalue weighted by Gasteiger charge is 2.34. The van der Waals surface area contributed by atoms with Gasteiger partial charge in [-0.05, 0) is 44.4 Å². The van der Waals surface area contributed by atoms with Gasteiger partial charge in [-0.15, -0.1) is 0 Å². The van der Waals surface area contributed by atoms with E-state index in [0.717, 1.165) is 23.5 Å². The van der Waals surface area contributed by atoms with Gasteiger partial charge in [0, 0.05) is 42.2 Å². The van der Waals surface area contributed by atoms with Gasteiger partial charge in [-0.1, -0.05) is 34.1 Å². The molecule has 0 aliphatic carbocycles. The molecule has 3 rings (SSSR count). The molecule has 2 N–H and O–H groups in total. The fraction of sp³-hybridized carbons (Fsp3) is 0.647. The van der Waals surface area contributed by atoms with Crippen molar-refractivity contribution in [3.05, 3.63) is 34.3 Å². The van der Waals surface area contributed by atoms with Crippen LogP contribution in [-0.4, -0.2) is 48.1 Å². The number of halogens is 1. The molecule has 116 valence electrons. The van der Waals surface area contributed by atoms with Crippen LogP contribution in [0, 0.1) is 0 Å². The van der Waals surface area contributed by atoms with Gasteiger partial charge >= 0.3 is 0 Å². The van der Waals surface area contributed by atoms with E-state index in [-0.39, 0.29) is 6.04 Å². The van der Waals surface area contributed by atoms with Crippen LogP contribution in [0.15, 0.2) is 28.7 Å². The molecule has 0 radical (unpaired) electrons. The molecule has 0 spiro atoms. The molecule has 2 fully saturated rings. The summed E-state index contributed by atoms with van der Waals surface area (Å²) < 4.78 is 1.13. The maximum atomic E-state index is 6.40. The quantitative estimate of drug-likeness (QED) is 0.904. The molecule has 21 heavy (non-hydrogen) atoms. The van der Waals surface area contributed by atoms with E-state index in [4.69, 9.17) is 5.73 Å². The second kappa shape index (κ2) is 6.78. The summed E-state index contributed by atoms with van der Waals surface area (Å²) in [4.78, 5) is 5.32. The van der Waals surface area contributed by atoms with Crippen LogP contribution in [0.4, 0.5) is 0 Å². The molecule has 3 nitrogen and oxygen atoms in total. The van der Waals surface area contributed by atoms with Crippen molar-refractivity contribution in [2.75, 3.05) is 26.2 Å². The second-order valence-electron chi connectivity index (χ2n) is 6.55. The third-order valence-corrected chi connectivity index (χ3v) is 5.82. The van der Waals surface area contributed by atoms with Crippen molar-refractivity contribution in [2.45, 2.75) is 44.3 Å². The fourth-order valence-corrected chi connectivity index (χ4v) is 4.37. The number of nitrogens with zero attached hydrogens (tertiary/aromatic N) is 2. The molecule has 0 bridgehead atoms. The van der Waals surface area contributed by atoms with Gasteiger partial charge in [0.2, 0.25) is 0 Å². The zero-order chi connectivity index (χ0) is 14.8. The van der Waals surface area contributed by atoms with E-state index in [1.165, 1.54) is 38.0 Å². The van der Waals surface area contributed by atoms with Crippen LogP contribution in [0.3, 0.4) is 0 Å². The summed E-state index contributed by atoms with van der Waals surface area (Å²) in [7, 11) is 0. The van der Waals surface area contributed by atoms with E-state index in [2.05, 4.69) is 50.9 Å². The first-order chi connectivity index (χ1) is 10.1. The lowest BCUT2D eigenvalue weighted by Gasteiger charge is -2.42. The van der Waals surface area contributed by atoms with Crippen molar-refractivity contribution < 1.29 is 0 Å². The Hall–Kier alpha value is -0.420. The normalized spacial score (nSPS) is 28.5. The van der Waals surface area contributed by atoms with Crippen molar-refractivity contribution in [3.8, 4) is 0 Å². The first-order valence-corrected chi connectivity index (χ1v) is 8.92. The fourth-order valence-electron chi connectivity index (χ4n) is 3.80. The molecule has 0 aromatic heterocycles. The number of hydrogen-bond acceptors (Lipinski definition) is 3. The number of nitrogens with two attached hydrogens (primary N) is 1. The molecule has 1 aromatic carbocycles. The Morgan fingerprint density at radius 2 is 2.14 bits per heavy atom. The highest BCUT2D eigenvalue weighted by molar-refractivity contribution is 9.10. The molecule has 4 heteroatoms. The summed E-state index contributed by atoms with van der Waals surface area (Å²) >= 11 is 3.61. The summed E-state index contributed by atoms with van der Waals surface area (Å²) in [5, 5.41) is 0. The number of fused-ring (bicyclic) bond motifs is 1. The van der Waals surface area contributed by atoms with Gasteiger partial charge in [0.25, 0.3) is 0 Å². The van der Waals surface area contributed by atoms with Crippen LogP contribution in [0.1, 0.15) is 37.8 Å². The number of piperazine rings is 1. The number of rotatable bonds is 4. The minimum absolute atomic E-state index is 0.120. The van der Waals surface area contributed by atoms with E-state index >= 15 is 0 Å². The lowest BCUT2D eigenvalue weighted by molar-refractivity contribution is 0.0575. The molecule has 3 unspecified atom stereocenters. The standard InChI is InChI=1S/C17H26BrN3/c1-13-11-21-9-4-5-14(21)12-20(13)10-8-17(19)15-6-2-3-7-16(15)18/h2-3,6-7,13-14,17H,4-5,8-12,19H2,1H3. The summed E-state index contributed by atoms with van der Waals surface area (Å²) in [5.74, 6) is 0. The summed E-state index contributed by atoms with van der Waals surface area (Å²) in [5.41, 5.74) is 7.62. The molecule has 3 atom stereocenters. The van der Waals surface area contributed by atoms with E-state index in [0.29, 0.717) is 6.04 Å². The zero-order valence-corrected chi connectivity index (χ0v) is 14.4. The molecule has 0 amide bonds. The Bertz CT molecular complexity index is 479. The van der Waals surface area contributed by atoms with Crippen LogP contribution >= 0.6 is 15.9 Å². The monoisotopic (exact) mass is 351 g/mol. The first kappa shape index (κ1) is 15.5. The summed E-state index contributed by atoms with van der Waals surface area (Å²) in [6.07, 6.45) is 3.78. The van der Waals surface area contributed by atoms with E-state index < -0.39 is 0 Å². The van der Waals surface area contributed by atoms with Gasteiger partial charge in [-0.2, -0.15) is 0 Å². The molecule has 2 heterocycles. The van der Waals surface area contributed by atoms with E-state index in [9.17, 15) is 0 Å². The van der Waals surface area contributed by atoms with Gasteiger partial charge in [0.05, 0.1) is 0 Å². The van der Waals surface area contributed by atoms with Gasteiger partial charge in [0.15, 0.2) is 0 Å². The van der Waals surface area contributed by atoms with Crippen LogP contribution < -0.4 is 5.73 Å². The largest absolute Gasteiger partial charge is 0.324 e. The molecular weight excluding hydrogens is 326 g/mol. The highest BCUT2D eigenvalue weighted by atomic mass is 79.9. The molecule has 2 aliphatic rings. The number of hydrogen-bond donors (Lipinski definition) is 1. The Labute approximate surface area is 136 Å². The second-order valence-corrected chi connectivity index (χ2v) is 7.41. The zero-order valence-electron chi connectivity index (χ0n) is 12.8. The maximum absolute atomic E-state index is 6.40. The lowest BCUT2D eigenvalue weighted by atomic mass is 10.0. The van der Waals surface area contributed by atoms with Gasteiger partial charge in [0.1, 0.15) is 0 Å². The average Bonchev–Trinajstić information content (AvgIpc) is 2.92. The van der Waals surface area contributed by atoms with Crippen molar-refractivity contribution >= 4 is 15.9 Å².